The lowest BCUT2D eigenvalue weighted by atomic mass is 9.91. The number of nitrogens with one attached hydrogen (secondary N) is 2. The van der Waals surface area contributed by atoms with Gasteiger partial charge in [0, 0.05) is 32.2 Å². The average molecular weight is 354 g/mol. The van der Waals surface area contributed by atoms with Crippen LogP contribution in [0.1, 0.15) is 37.1 Å². The van der Waals surface area contributed by atoms with E-state index in [1.807, 2.05) is 32.0 Å². The Morgan fingerprint density at radius 2 is 1.69 bits per heavy atom. The molecule has 0 amide bonds. The van der Waals surface area contributed by atoms with Crippen LogP contribution in [0.5, 0.6) is 0 Å². The van der Waals surface area contributed by atoms with Gasteiger partial charge in [-0.2, -0.15) is 0 Å². The second-order valence-electron chi connectivity index (χ2n) is 7.44. The third kappa shape index (κ3) is 5.43. The quantitative estimate of drug-likeness (QED) is 0.799. The fourth-order valence-electron chi connectivity index (χ4n) is 3.57. The lowest BCUT2D eigenvalue weighted by Gasteiger charge is -2.30. The zero-order valence-corrected chi connectivity index (χ0v) is 16.2. The molecule has 1 aromatic carbocycles. The zero-order valence-electron chi connectivity index (χ0n) is 16.2. The molecule has 0 unspecified atom stereocenters. The van der Waals surface area contributed by atoms with E-state index in [0.717, 1.165) is 30.4 Å². The topological polar surface area (TPSA) is 53.1 Å². The molecule has 2 N–H and O–H groups in total. The van der Waals surface area contributed by atoms with Gasteiger partial charge in [0.2, 0.25) is 0 Å². The number of hydrogen-bond donors (Lipinski definition) is 2. The number of hydrogen-bond acceptors (Lipinski definition) is 5. The van der Waals surface area contributed by atoms with E-state index >= 15 is 0 Å². The number of nitrogens with zero attached hydrogens (tertiary/aromatic N) is 3. The van der Waals surface area contributed by atoms with E-state index in [4.69, 9.17) is 0 Å². The minimum Gasteiger partial charge on any atom is -0.367 e. The van der Waals surface area contributed by atoms with Gasteiger partial charge in [-0.3, -0.25) is 0 Å². The van der Waals surface area contributed by atoms with Gasteiger partial charge >= 0.3 is 0 Å². The first-order valence-corrected chi connectivity index (χ1v) is 9.67. The normalized spacial score (nSPS) is 20.0. The first-order chi connectivity index (χ1) is 12.6. The van der Waals surface area contributed by atoms with Gasteiger partial charge in [-0.05, 0) is 51.1 Å². The Morgan fingerprint density at radius 1 is 1.00 bits per heavy atom. The van der Waals surface area contributed by atoms with Crippen molar-refractivity contribution < 1.29 is 0 Å². The SMILES string of the molecule is Cc1nc(NC2CCC(NCCc3ccccc3)CC2)cc(N(C)C)n1. The van der Waals surface area contributed by atoms with Gasteiger partial charge in [-0.1, -0.05) is 30.3 Å². The molecule has 3 rings (SSSR count). The second-order valence-corrected chi connectivity index (χ2v) is 7.44. The lowest BCUT2D eigenvalue weighted by molar-refractivity contribution is 0.355. The highest BCUT2D eigenvalue weighted by molar-refractivity contribution is 5.49. The Kier molecular flexibility index (Phi) is 6.45. The third-order valence-corrected chi connectivity index (χ3v) is 5.05. The van der Waals surface area contributed by atoms with Crippen LogP contribution in [0.3, 0.4) is 0 Å². The van der Waals surface area contributed by atoms with Crippen LogP contribution in [0.25, 0.3) is 0 Å². The molecule has 140 valence electrons. The maximum Gasteiger partial charge on any atom is 0.133 e. The van der Waals surface area contributed by atoms with Gasteiger partial charge < -0.3 is 15.5 Å². The second kappa shape index (κ2) is 8.99. The summed E-state index contributed by atoms with van der Waals surface area (Å²) in [6, 6.07) is 13.9. The molecule has 0 atom stereocenters. The minimum atomic E-state index is 0.506. The smallest absolute Gasteiger partial charge is 0.133 e. The van der Waals surface area contributed by atoms with Crippen LogP contribution in [0.15, 0.2) is 36.4 Å². The van der Waals surface area contributed by atoms with Crippen LogP contribution >= 0.6 is 0 Å². The fourth-order valence-corrected chi connectivity index (χ4v) is 3.57. The van der Waals surface area contributed by atoms with Crippen LogP contribution in [0.4, 0.5) is 11.6 Å². The first kappa shape index (κ1) is 18.6. The van der Waals surface area contributed by atoms with E-state index in [0.29, 0.717) is 12.1 Å². The highest BCUT2D eigenvalue weighted by Crippen LogP contribution is 2.23. The summed E-state index contributed by atoms with van der Waals surface area (Å²) in [6.45, 7) is 3.01. The highest BCUT2D eigenvalue weighted by atomic mass is 15.2. The predicted molar refractivity (Wildman–Crippen MR) is 109 cm³/mol. The molecule has 1 heterocycles. The number of benzene rings is 1. The summed E-state index contributed by atoms with van der Waals surface area (Å²) in [5, 5.41) is 7.34. The summed E-state index contributed by atoms with van der Waals surface area (Å²) in [6.07, 6.45) is 5.91. The van der Waals surface area contributed by atoms with Crippen molar-refractivity contribution >= 4 is 11.6 Å². The van der Waals surface area contributed by atoms with E-state index in [-0.39, 0.29) is 0 Å². The summed E-state index contributed by atoms with van der Waals surface area (Å²) in [5.74, 6) is 2.72. The van der Waals surface area contributed by atoms with Crippen molar-refractivity contribution in [2.45, 2.75) is 51.1 Å². The number of aromatic nitrogens is 2. The summed E-state index contributed by atoms with van der Waals surface area (Å²) in [4.78, 5) is 11.0. The predicted octanol–water partition coefficient (Wildman–Crippen LogP) is 3.41. The summed E-state index contributed by atoms with van der Waals surface area (Å²) in [7, 11) is 4.02. The number of aryl methyl sites for hydroxylation is 1. The minimum absolute atomic E-state index is 0.506. The molecule has 26 heavy (non-hydrogen) atoms. The Balaban J connectivity index is 1.42. The van der Waals surface area contributed by atoms with Gasteiger partial charge in [0.05, 0.1) is 0 Å². The summed E-state index contributed by atoms with van der Waals surface area (Å²) >= 11 is 0. The molecule has 5 heteroatoms. The van der Waals surface area contributed by atoms with Crippen molar-refractivity contribution in [3.05, 3.63) is 47.8 Å². The Bertz CT molecular complexity index is 678. The molecule has 0 spiro atoms. The van der Waals surface area contributed by atoms with E-state index in [9.17, 15) is 0 Å². The average Bonchev–Trinajstić information content (AvgIpc) is 2.63. The van der Waals surface area contributed by atoms with Crippen molar-refractivity contribution in [3.63, 3.8) is 0 Å². The molecule has 1 aliphatic carbocycles. The Morgan fingerprint density at radius 3 is 2.38 bits per heavy atom. The number of rotatable bonds is 7. The van der Waals surface area contributed by atoms with E-state index in [1.54, 1.807) is 0 Å². The highest BCUT2D eigenvalue weighted by Gasteiger charge is 2.21. The zero-order chi connectivity index (χ0) is 18.4. The van der Waals surface area contributed by atoms with Gasteiger partial charge in [0.1, 0.15) is 17.5 Å². The molecule has 5 nitrogen and oxygen atoms in total. The van der Waals surface area contributed by atoms with Gasteiger partial charge in [-0.15, -0.1) is 0 Å². The monoisotopic (exact) mass is 353 g/mol. The molecule has 0 bridgehead atoms. The molecule has 1 aromatic heterocycles. The van der Waals surface area contributed by atoms with Crippen LogP contribution in [-0.4, -0.2) is 42.7 Å². The standard InChI is InChI=1S/C21H31N5/c1-16-23-20(15-21(24-16)26(2)3)25-19-11-9-18(10-12-19)22-14-13-17-7-5-4-6-8-17/h4-8,15,18-19,22H,9-14H2,1-3H3,(H,23,24,25). The summed E-state index contributed by atoms with van der Waals surface area (Å²) < 4.78 is 0. The molecule has 0 saturated heterocycles. The summed E-state index contributed by atoms with van der Waals surface area (Å²) in [5.41, 5.74) is 1.41. The van der Waals surface area contributed by atoms with Gasteiger partial charge in [-0.25, -0.2) is 9.97 Å². The van der Waals surface area contributed by atoms with E-state index < -0.39 is 0 Å². The van der Waals surface area contributed by atoms with Crippen molar-refractivity contribution in [2.75, 3.05) is 30.9 Å². The van der Waals surface area contributed by atoms with Crippen molar-refractivity contribution in [3.8, 4) is 0 Å². The first-order valence-electron chi connectivity index (χ1n) is 9.67. The van der Waals surface area contributed by atoms with Gasteiger partial charge in [0.15, 0.2) is 0 Å². The van der Waals surface area contributed by atoms with E-state index in [2.05, 4.69) is 50.9 Å². The maximum absolute atomic E-state index is 4.55. The molecule has 0 aliphatic heterocycles. The van der Waals surface area contributed by atoms with Gasteiger partial charge in [0.25, 0.3) is 0 Å². The lowest BCUT2D eigenvalue weighted by Crippen LogP contribution is -2.38. The maximum atomic E-state index is 4.55. The Hall–Kier alpha value is -2.14. The Labute approximate surface area is 157 Å². The third-order valence-electron chi connectivity index (χ3n) is 5.05. The molecular weight excluding hydrogens is 322 g/mol. The molecule has 1 fully saturated rings. The van der Waals surface area contributed by atoms with Crippen molar-refractivity contribution in [1.29, 1.82) is 0 Å². The van der Waals surface area contributed by atoms with Crippen molar-refractivity contribution in [1.82, 2.24) is 15.3 Å². The molecule has 1 saturated carbocycles. The van der Waals surface area contributed by atoms with Crippen LogP contribution in [-0.2, 0) is 6.42 Å². The molecule has 2 aromatic rings. The molecule has 0 radical (unpaired) electrons. The van der Waals surface area contributed by atoms with Crippen molar-refractivity contribution in [2.24, 2.45) is 0 Å². The molecular formula is C21H31N5. The van der Waals surface area contributed by atoms with Crippen LogP contribution in [0.2, 0.25) is 0 Å². The van der Waals surface area contributed by atoms with Crippen LogP contribution < -0.4 is 15.5 Å². The van der Waals surface area contributed by atoms with Crippen LogP contribution in [0, 0.1) is 6.92 Å². The largest absolute Gasteiger partial charge is 0.367 e. The fraction of sp³-hybridized carbons (Fsp3) is 0.524. The number of anilines is 2. The molecule has 1 aliphatic rings. The van der Waals surface area contributed by atoms with E-state index in [1.165, 1.54) is 31.2 Å².